The highest BCUT2D eigenvalue weighted by atomic mass is 79.9. The molecule has 1 saturated carbocycles. The molecule has 0 saturated heterocycles. The minimum absolute atomic E-state index is 0.254. The Morgan fingerprint density at radius 3 is 2.24 bits per heavy atom. The lowest BCUT2D eigenvalue weighted by Crippen LogP contribution is -2.20. The van der Waals surface area contributed by atoms with E-state index in [1.54, 1.807) is 6.07 Å². The molecular weight excluding hydrogens is 330 g/mol. The van der Waals surface area contributed by atoms with E-state index in [9.17, 15) is 9.59 Å². The zero-order valence-electron chi connectivity index (χ0n) is 11.2. The minimum atomic E-state index is -0.278. The topological polar surface area (TPSA) is 46.2 Å². The van der Waals surface area contributed by atoms with Crippen molar-refractivity contribution in [3.05, 3.63) is 57.6 Å². The fourth-order valence-corrected chi connectivity index (χ4v) is 3.23. The summed E-state index contributed by atoms with van der Waals surface area (Å²) in [5.74, 6) is -0.134. The van der Waals surface area contributed by atoms with Crippen molar-refractivity contribution in [2.24, 2.45) is 0 Å². The number of halogens is 1. The molecule has 2 amide bonds. The molecule has 104 valence electrons. The Balaban J connectivity index is 1.96. The van der Waals surface area contributed by atoms with Crippen LogP contribution in [0.15, 0.2) is 40.9 Å². The summed E-state index contributed by atoms with van der Waals surface area (Å²) in [6.07, 6.45) is 2.17. The first-order valence-electron chi connectivity index (χ1n) is 6.93. The van der Waals surface area contributed by atoms with Gasteiger partial charge in [-0.1, -0.05) is 34.1 Å². The van der Waals surface area contributed by atoms with Gasteiger partial charge in [0, 0.05) is 4.47 Å². The number of hydrogen-bond donors (Lipinski definition) is 1. The molecule has 0 bridgehead atoms. The molecule has 21 heavy (non-hydrogen) atoms. The zero-order valence-corrected chi connectivity index (χ0v) is 12.7. The summed E-state index contributed by atoms with van der Waals surface area (Å²) in [5.41, 5.74) is 4.28. The molecule has 0 spiro atoms. The van der Waals surface area contributed by atoms with E-state index in [0.717, 1.165) is 34.0 Å². The second-order valence-corrected chi connectivity index (χ2v) is 6.43. The Hall–Kier alpha value is -1.94. The standard InChI is InChI=1S/C17H12BrNO2/c18-11-5-3-9(4-6-11)12-7-8-13-15(14(12)10-1-2-10)17(21)19-16(13)20/h3-8,10H,1-2H2,(H,19,20,21). The molecule has 1 N–H and O–H groups in total. The van der Waals surface area contributed by atoms with Gasteiger partial charge >= 0.3 is 0 Å². The Bertz CT molecular complexity index is 776. The smallest absolute Gasteiger partial charge is 0.259 e. The molecule has 0 aromatic heterocycles. The number of amides is 2. The van der Waals surface area contributed by atoms with Crippen molar-refractivity contribution in [3.8, 4) is 11.1 Å². The van der Waals surface area contributed by atoms with E-state index in [4.69, 9.17) is 0 Å². The average Bonchev–Trinajstić information content (AvgIpc) is 3.26. The van der Waals surface area contributed by atoms with Gasteiger partial charge in [0.1, 0.15) is 0 Å². The molecule has 1 aliphatic heterocycles. The summed E-state index contributed by atoms with van der Waals surface area (Å²) in [6, 6.07) is 11.8. The van der Waals surface area contributed by atoms with Gasteiger partial charge in [0.15, 0.2) is 0 Å². The number of benzene rings is 2. The highest BCUT2D eigenvalue weighted by Gasteiger charge is 2.37. The van der Waals surface area contributed by atoms with Gasteiger partial charge in [0.05, 0.1) is 11.1 Å². The predicted octanol–water partition coefficient (Wildman–Crippen LogP) is 3.88. The molecule has 1 fully saturated rings. The third-order valence-corrected chi connectivity index (χ3v) is 4.61. The van der Waals surface area contributed by atoms with Gasteiger partial charge in [0.2, 0.25) is 0 Å². The quantitative estimate of drug-likeness (QED) is 0.842. The molecule has 0 radical (unpaired) electrons. The van der Waals surface area contributed by atoms with Crippen LogP contribution in [-0.4, -0.2) is 11.8 Å². The molecule has 0 atom stereocenters. The normalized spacial score (nSPS) is 16.8. The summed E-state index contributed by atoms with van der Waals surface area (Å²) in [5, 5.41) is 2.41. The number of carbonyl (C=O) groups excluding carboxylic acids is 2. The second-order valence-electron chi connectivity index (χ2n) is 5.51. The highest BCUT2D eigenvalue weighted by Crippen LogP contribution is 2.47. The predicted molar refractivity (Wildman–Crippen MR) is 83.3 cm³/mol. The molecule has 4 heteroatoms. The van der Waals surface area contributed by atoms with Gasteiger partial charge < -0.3 is 0 Å². The summed E-state index contributed by atoms with van der Waals surface area (Å²) >= 11 is 3.44. The largest absolute Gasteiger partial charge is 0.288 e. The van der Waals surface area contributed by atoms with Gasteiger partial charge in [-0.25, -0.2) is 0 Å². The molecule has 2 aromatic carbocycles. The van der Waals surface area contributed by atoms with Crippen molar-refractivity contribution in [3.63, 3.8) is 0 Å². The van der Waals surface area contributed by atoms with Crippen LogP contribution >= 0.6 is 15.9 Å². The maximum atomic E-state index is 12.1. The SMILES string of the molecule is O=C1NC(=O)c2c1ccc(-c1ccc(Br)cc1)c2C1CC1. The maximum Gasteiger partial charge on any atom is 0.259 e. The third kappa shape index (κ3) is 2.02. The summed E-state index contributed by atoms with van der Waals surface area (Å²) < 4.78 is 1.02. The van der Waals surface area contributed by atoms with Crippen LogP contribution in [0.5, 0.6) is 0 Å². The molecule has 2 aliphatic rings. The van der Waals surface area contributed by atoms with Crippen LogP contribution in [0.2, 0.25) is 0 Å². The van der Waals surface area contributed by atoms with Crippen molar-refractivity contribution < 1.29 is 9.59 Å². The molecule has 0 unspecified atom stereocenters. The van der Waals surface area contributed by atoms with Gasteiger partial charge in [-0.2, -0.15) is 0 Å². The Morgan fingerprint density at radius 1 is 0.905 bits per heavy atom. The van der Waals surface area contributed by atoms with Gasteiger partial charge in [-0.05, 0) is 53.6 Å². The fraction of sp³-hybridized carbons (Fsp3) is 0.176. The molecule has 4 rings (SSSR count). The Kier molecular flexibility index (Phi) is 2.76. The molecule has 2 aromatic rings. The zero-order chi connectivity index (χ0) is 14.6. The van der Waals surface area contributed by atoms with E-state index in [0.29, 0.717) is 17.0 Å². The average molecular weight is 342 g/mol. The summed E-state index contributed by atoms with van der Waals surface area (Å²) in [4.78, 5) is 24.0. The molecule has 1 heterocycles. The summed E-state index contributed by atoms with van der Waals surface area (Å²) in [7, 11) is 0. The van der Waals surface area contributed by atoms with E-state index in [1.165, 1.54) is 0 Å². The first kappa shape index (κ1) is 12.8. The van der Waals surface area contributed by atoms with E-state index >= 15 is 0 Å². The number of nitrogens with one attached hydrogen (secondary N) is 1. The second kappa shape index (κ2) is 4.53. The van der Waals surface area contributed by atoms with Gasteiger partial charge in [-0.3, -0.25) is 14.9 Å². The lowest BCUT2D eigenvalue weighted by molar-refractivity contribution is 0.0879. The van der Waals surface area contributed by atoms with Crippen LogP contribution in [0.25, 0.3) is 11.1 Å². The van der Waals surface area contributed by atoms with Crippen molar-refractivity contribution in [2.45, 2.75) is 18.8 Å². The number of hydrogen-bond acceptors (Lipinski definition) is 2. The fourth-order valence-electron chi connectivity index (χ4n) is 2.96. The lowest BCUT2D eigenvalue weighted by Gasteiger charge is -2.12. The van der Waals surface area contributed by atoms with Gasteiger partial charge in [0.25, 0.3) is 11.8 Å². The van der Waals surface area contributed by atoms with Crippen molar-refractivity contribution in [2.75, 3.05) is 0 Å². The first-order valence-corrected chi connectivity index (χ1v) is 7.73. The van der Waals surface area contributed by atoms with Crippen LogP contribution in [0.4, 0.5) is 0 Å². The number of fused-ring (bicyclic) bond motifs is 1. The van der Waals surface area contributed by atoms with Crippen LogP contribution in [0, 0.1) is 0 Å². The van der Waals surface area contributed by atoms with E-state index in [2.05, 4.69) is 21.2 Å². The van der Waals surface area contributed by atoms with E-state index in [-0.39, 0.29) is 11.8 Å². The molecule has 1 aliphatic carbocycles. The molecular formula is C17H12BrNO2. The maximum absolute atomic E-state index is 12.1. The van der Waals surface area contributed by atoms with Crippen molar-refractivity contribution >= 4 is 27.7 Å². The first-order chi connectivity index (χ1) is 10.1. The minimum Gasteiger partial charge on any atom is -0.288 e. The Labute approximate surface area is 130 Å². The number of imide groups is 1. The van der Waals surface area contributed by atoms with Crippen LogP contribution in [-0.2, 0) is 0 Å². The van der Waals surface area contributed by atoms with E-state index < -0.39 is 0 Å². The summed E-state index contributed by atoms with van der Waals surface area (Å²) in [6.45, 7) is 0. The number of carbonyl (C=O) groups is 2. The number of rotatable bonds is 2. The highest BCUT2D eigenvalue weighted by molar-refractivity contribution is 9.10. The van der Waals surface area contributed by atoms with Crippen LogP contribution < -0.4 is 5.32 Å². The van der Waals surface area contributed by atoms with Crippen molar-refractivity contribution in [1.29, 1.82) is 0 Å². The third-order valence-electron chi connectivity index (χ3n) is 4.09. The lowest BCUT2D eigenvalue weighted by atomic mass is 9.90. The molecule has 3 nitrogen and oxygen atoms in total. The van der Waals surface area contributed by atoms with Crippen molar-refractivity contribution in [1.82, 2.24) is 5.32 Å². The van der Waals surface area contributed by atoms with Crippen LogP contribution in [0.1, 0.15) is 45.0 Å². The van der Waals surface area contributed by atoms with Crippen LogP contribution in [0.3, 0.4) is 0 Å². The van der Waals surface area contributed by atoms with Gasteiger partial charge in [-0.15, -0.1) is 0 Å². The Morgan fingerprint density at radius 2 is 1.57 bits per heavy atom. The van der Waals surface area contributed by atoms with E-state index in [1.807, 2.05) is 30.3 Å². The monoisotopic (exact) mass is 341 g/mol.